The number of carbonyl (C=O) groups excluding carboxylic acids is 2. The monoisotopic (exact) mass is 506 g/mol. The molecule has 1 aliphatic rings. The first-order valence-corrected chi connectivity index (χ1v) is 10.9. The van der Waals surface area contributed by atoms with Gasteiger partial charge in [-0.1, -0.05) is 26.0 Å². The third kappa shape index (κ3) is 4.91. The Balaban J connectivity index is 1.89. The van der Waals surface area contributed by atoms with Crippen molar-refractivity contribution in [2.75, 3.05) is 23.4 Å². The van der Waals surface area contributed by atoms with Gasteiger partial charge in [-0.3, -0.25) is 9.59 Å². The zero-order chi connectivity index (χ0) is 21.2. The fraction of sp³-hybridized carbons (Fsp3) is 0.391. The molecular weight excluding hydrogens is 479 g/mol. The van der Waals surface area contributed by atoms with Crippen LogP contribution in [-0.4, -0.2) is 25.0 Å². The molecule has 0 fully saturated rings. The molecule has 0 aromatic heterocycles. The Morgan fingerprint density at radius 3 is 2.66 bits per heavy atom. The Morgan fingerprint density at radius 2 is 1.97 bits per heavy atom. The molecule has 2 aromatic carbocycles. The van der Waals surface area contributed by atoms with Crippen LogP contribution < -0.4 is 15.0 Å². The van der Waals surface area contributed by atoms with E-state index in [-0.39, 0.29) is 11.8 Å². The van der Waals surface area contributed by atoms with E-state index in [4.69, 9.17) is 4.74 Å². The van der Waals surface area contributed by atoms with Crippen molar-refractivity contribution >= 4 is 45.8 Å². The highest BCUT2D eigenvalue weighted by molar-refractivity contribution is 14.1. The average molecular weight is 506 g/mol. The number of benzene rings is 2. The van der Waals surface area contributed by atoms with Gasteiger partial charge < -0.3 is 15.0 Å². The summed E-state index contributed by atoms with van der Waals surface area (Å²) in [5.41, 5.74) is 1.41. The number of nitrogens with zero attached hydrogens (tertiary/aromatic N) is 1. The van der Waals surface area contributed by atoms with Crippen LogP contribution in [0.1, 0.15) is 44.5 Å². The second-order valence-electron chi connectivity index (χ2n) is 8.43. The number of hydrogen-bond acceptors (Lipinski definition) is 3. The van der Waals surface area contributed by atoms with E-state index in [1.807, 2.05) is 49.1 Å². The molecule has 154 valence electrons. The molecule has 2 amide bonds. The molecule has 5 nitrogen and oxygen atoms in total. The minimum atomic E-state index is -0.612. The van der Waals surface area contributed by atoms with E-state index in [9.17, 15) is 9.59 Å². The molecule has 0 unspecified atom stereocenters. The molecule has 3 rings (SSSR count). The lowest BCUT2D eigenvalue weighted by atomic mass is 9.92. The standard InChI is InChI=1S/C23H27IN2O3/c1-15(2)11-12-26-19-10-9-16(13-20(19)29-14-23(3,4)22(26)28)25-21(27)17-7-5-6-8-18(17)24/h5-10,13,15H,11-12,14H2,1-4H3,(H,25,27). The van der Waals surface area contributed by atoms with Crippen molar-refractivity contribution in [3.8, 4) is 5.75 Å². The van der Waals surface area contributed by atoms with Crippen molar-refractivity contribution < 1.29 is 14.3 Å². The molecule has 1 aliphatic heterocycles. The van der Waals surface area contributed by atoms with Crippen molar-refractivity contribution in [3.63, 3.8) is 0 Å². The van der Waals surface area contributed by atoms with Crippen molar-refractivity contribution in [3.05, 3.63) is 51.6 Å². The van der Waals surface area contributed by atoms with Gasteiger partial charge in [-0.15, -0.1) is 0 Å². The normalized spacial score (nSPS) is 15.5. The first-order chi connectivity index (χ1) is 13.7. The molecule has 0 aliphatic carbocycles. The minimum absolute atomic E-state index is 0.0625. The molecule has 1 heterocycles. The van der Waals surface area contributed by atoms with E-state index in [0.717, 1.165) is 15.7 Å². The Hall–Kier alpha value is -2.09. The molecule has 0 radical (unpaired) electrons. The molecule has 29 heavy (non-hydrogen) atoms. The molecule has 0 bridgehead atoms. The van der Waals surface area contributed by atoms with Gasteiger partial charge in [-0.2, -0.15) is 0 Å². The summed E-state index contributed by atoms with van der Waals surface area (Å²) < 4.78 is 6.90. The van der Waals surface area contributed by atoms with Gasteiger partial charge in [0.2, 0.25) is 5.91 Å². The second kappa shape index (κ2) is 8.73. The number of nitrogens with one attached hydrogen (secondary N) is 1. The lowest BCUT2D eigenvalue weighted by molar-refractivity contribution is -0.127. The zero-order valence-corrected chi connectivity index (χ0v) is 19.4. The van der Waals surface area contributed by atoms with E-state index in [0.29, 0.717) is 36.1 Å². The van der Waals surface area contributed by atoms with Crippen LogP contribution >= 0.6 is 22.6 Å². The lowest BCUT2D eigenvalue weighted by Gasteiger charge is -2.28. The van der Waals surface area contributed by atoms with Gasteiger partial charge in [-0.05, 0) is 73.0 Å². The van der Waals surface area contributed by atoms with Gasteiger partial charge in [0.05, 0.1) is 16.7 Å². The molecule has 2 aromatic rings. The second-order valence-corrected chi connectivity index (χ2v) is 9.59. The van der Waals surface area contributed by atoms with Gasteiger partial charge in [0.1, 0.15) is 12.4 Å². The predicted octanol–water partition coefficient (Wildman–Crippen LogP) is 5.34. The Kier molecular flexibility index (Phi) is 6.51. The smallest absolute Gasteiger partial charge is 0.256 e. The first-order valence-electron chi connectivity index (χ1n) is 9.84. The molecule has 0 spiro atoms. The van der Waals surface area contributed by atoms with Crippen molar-refractivity contribution in [1.29, 1.82) is 0 Å². The maximum absolute atomic E-state index is 13.1. The predicted molar refractivity (Wildman–Crippen MR) is 125 cm³/mol. The SMILES string of the molecule is CC(C)CCN1C(=O)C(C)(C)COc2cc(NC(=O)c3ccccc3I)ccc21. The molecule has 1 N–H and O–H groups in total. The van der Waals surface area contributed by atoms with Gasteiger partial charge in [0, 0.05) is 21.9 Å². The van der Waals surface area contributed by atoms with Gasteiger partial charge in [0.15, 0.2) is 0 Å². The largest absolute Gasteiger partial charge is 0.490 e. The van der Waals surface area contributed by atoms with Crippen LogP contribution in [0.15, 0.2) is 42.5 Å². The molecule has 0 saturated carbocycles. The van der Waals surface area contributed by atoms with Crippen molar-refractivity contribution in [2.45, 2.75) is 34.1 Å². The highest BCUT2D eigenvalue weighted by atomic mass is 127. The quantitative estimate of drug-likeness (QED) is 0.557. The number of anilines is 2. The van der Waals surface area contributed by atoms with Gasteiger partial charge in [-0.25, -0.2) is 0 Å². The highest BCUT2D eigenvalue weighted by Crippen LogP contribution is 2.38. The van der Waals surface area contributed by atoms with Crippen LogP contribution in [0.4, 0.5) is 11.4 Å². The van der Waals surface area contributed by atoms with E-state index >= 15 is 0 Å². The van der Waals surface area contributed by atoms with Crippen LogP contribution in [0.5, 0.6) is 5.75 Å². The van der Waals surface area contributed by atoms with Gasteiger partial charge >= 0.3 is 0 Å². The summed E-state index contributed by atoms with van der Waals surface area (Å²) in [4.78, 5) is 27.6. The topological polar surface area (TPSA) is 58.6 Å². The molecule has 0 saturated heterocycles. The fourth-order valence-corrected chi connectivity index (χ4v) is 3.81. The van der Waals surface area contributed by atoms with Crippen LogP contribution in [0.25, 0.3) is 0 Å². The Labute approximate surface area is 186 Å². The number of ether oxygens (including phenoxy) is 1. The van der Waals surface area contributed by atoms with Crippen LogP contribution in [0, 0.1) is 14.9 Å². The van der Waals surface area contributed by atoms with E-state index in [1.165, 1.54) is 0 Å². The average Bonchev–Trinajstić information content (AvgIpc) is 2.75. The zero-order valence-electron chi connectivity index (χ0n) is 17.3. The summed E-state index contributed by atoms with van der Waals surface area (Å²) in [6, 6.07) is 12.9. The number of halogens is 1. The summed E-state index contributed by atoms with van der Waals surface area (Å²) in [6.45, 7) is 9.05. The summed E-state index contributed by atoms with van der Waals surface area (Å²) in [6.07, 6.45) is 0.909. The van der Waals surface area contributed by atoms with Gasteiger partial charge in [0.25, 0.3) is 5.91 Å². The maximum atomic E-state index is 13.1. The van der Waals surface area contributed by atoms with Crippen LogP contribution in [0.3, 0.4) is 0 Å². The minimum Gasteiger partial charge on any atom is -0.490 e. The van der Waals surface area contributed by atoms with E-state index in [2.05, 4.69) is 41.8 Å². The summed E-state index contributed by atoms with van der Waals surface area (Å²) in [5, 5.41) is 2.94. The summed E-state index contributed by atoms with van der Waals surface area (Å²) in [5.74, 6) is 1.00. The molecule has 0 atom stereocenters. The fourth-order valence-electron chi connectivity index (χ4n) is 3.18. The number of rotatable bonds is 5. The first kappa shape index (κ1) is 21.6. The third-order valence-electron chi connectivity index (χ3n) is 4.97. The summed E-state index contributed by atoms with van der Waals surface area (Å²) >= 11 is 2.15. The van der Waals surface area contributed by atoms with Crippen LogP contribution in [-0.2, 0) is 4.79 Å². The summed E-state index contributed by atoms with van der Waals surface area (Å²) in [7, 11) is 0. The van der Waals surface area contributed by atoms with Crippen molar-refractivity contribution in [1.82, 2.24) is 0 Å². The molecular formula is C23H27IN2O3. The maximum Gasteiger partial charge on any atom is 0.256 e. The Bertz CT molecular complexity index is 924. The molecule has 6 heteroatoms. The van der Waals surface area contributed by atoms with Crippen LogP contribution in [0.2, 0.25) is 0 Å². The van der Waals surface area contributed by atoms with Crippen molar-refractivity contribution in [2.24, 2.45) is 11.3 Å². The Morgan fingerprint density at radius 1 is 1.24 bits per heavy atom. The highest BCUT2D eigenvalue weighted by Gasteiger charge is 2.37. The lowest BCUT2D eigenvalue weighted by Crippen LogP contribution is -2.42. The van der Waals surface area contributed by atoms with E-state index < -0.39 is 5.41 Å². The number of fused-ring (bicyclic) bond motifs is 1. The third-order valence-corrected chi connectivity index (χ3v) is 5.91. The number of carbonyl (C=O) groups is 2. The number of amides is 2. The number of hydrogen-bond donors (Lipinski definition) is 1. The van der Waals surface area contributed by atoms with E-state index in [1.54, 1.807) is 12.1 Å².